The maximum absolute atomic E-state index is 12.6. The highest BCUT2D eigenvalue weighted by atomic mass is 16.5. The van der Waals surface area contributed by atoms with Crippen molar-refractivity contribution >= 4 is 11.9 Å². The van der Waals surface area contributed by atoms with Crippen molar-refractivity contribution < 1.29 is 28.9 Å². The number of ether oxygens (including phenoxy) is 3. The van der Waals surface area contributed by atoms with E-state index in [2.05, 4.69) is 10.3 Å². The van der Waals surface area contributed by atoms with Gasteiger partial charge in [0.2, 0.25) is 0 Å². The molecule has 1 amide bonds. The molecule has 0 spiro atoms. The summed E-state index contributed by atoms with van der Waals surface area (Å²) in [6, 6.07) is 8.38. The molecular formula is C20H24N2O6. The Morgan fingerprint density at radius 2 is 2.00 bits per heavy atom. The molecule has 2 N–H and O–H groups in total. The lowest BCUT2D eigenvalue weighted by Gasteiger charge is -2.25. The zero-order chi connectivity index (χ0) is 20.6. The first kappa shape index (κ1) is 21.2. The fourth-order valence-electron chi connectivity index (χ4n) is 2.44. The Balaban J connectivity index is 2.18. The summed E-state index contributed by atoms with van der Waals surface area (Å²) in [6.45, 7) is 3.71. The highest BCUT2D eigenvalue weighted by Gasteiger charge is 2.35. The monoisotopic (exact) mass is 388 g/mol. The minimum absolute atomic E-state index is 0.168. The lowest BCUT2D eigenvalue weighted by Crippen LogP contribution is -2.55. The first-order valence-electron chi connectivity index (χ1n) is 8.73. The van der Waals surface area contributed by atoms with Crippen LogP contribution in [0.4, 0.5) is 0 Å². The molecule has 0 aliphatic heterocycles. The molecule has 0 saturated carbocycles. The smallest absolute Gasteiger partial charge is 0.331 e. The Hall–Kier alpha value is -3.13. The summed E-state index contributed by atoms with van der Waals surface area (Å²) in [7, 11) is 1.37. The second-order valence-corrected chi connectivity index (χ2v) is 6.27. The van der Waals surface area contributed by atoms with Gasteiger partial charge >= 0.3 is 5.97 Å². The van der Waals surface area contributed by atoms with E-state index in [1.807, 2.05) is 19.1 Å². The highest BCUT2D eigenvalue weighted by Crippen LogP contribution is 2.29. The maximum Gasteiger partial charge on any atom is 0.331 e. The second-order valence-electron chi connectivity index (χ2n) is 6.27. The largest absolute Gasteiger partial charge is 0.490 e. The Bertz CT molecular complexity index is 812. The van der Waals surface area contributed by atoms with Gasteiger partial charge in [0, 0.05) is 30.6 Å². The fraction of sp³-hybridized carbons (Fsp3) is 0.350. The predicted molar refractivity (Wildman–Crippen MR) is 102 cm³/mol. The van der Waals surface area contributed by atoms with Crippen molar-refractivity contribution in [2.24, 2.45) is 0 Å². The van der Waals surface area contributed by atoms with Crippen molar-refractivity contribution in [2.45, 2.75) is 26.0 Å². The number of carbonyl (C=O) groups excluding carboxylic acids is 1. The number of rotatable bonds is 10. The molecule has 8 nitrogen and oxygen atoms in total. The van der Waals surface area contributed by atoms with E-state index >= 15 is 0 Å². The summed E-state index contributed by atoms with van der Waals surface area (Å²) in [5.41, 5.74) is -0.406. The number of carbonyl (C=O) groups is 2. The quantitative estimate of drug-likeness (QED) is 0.643. The number of carboxylic acid groups (broad SMARTS) is 1. The van der Waals surface area contributed by atoms with Crippen LogP contribution in [-0.2, 0) is 16.1 Å². The highest BCUT2D eigenvalue weighted by molar-refractivity contribution is 5.98. The average molecular weight is 388 g/mol. The van der Waals surface area contributed by atoms with Crippen LogP contribution in [0.1, 0.15) is 29.8 Å². The van der Waals surface area contributed by atoms with Crippen molar-refractivity contribution in [3.8, 4) is 11.5 Å². The second kappa shape index (κ2) is 9.70. The van der Waals surface area contributed by atoms with Gasteiger partial charge in [-0.1, -0.05) is 6.07 Å². The summed E-state index contributed by atoms with van der Waals surface area (Å²) in [5, 5.41) is 11.9. The molecule has 1 aromatic carbocycles. The number of nitrogens with zero attached hydrogens (tertiary/aromatic N) is 1. The van der Waals surface area contributed by atoms with Gasteiger partial charge in [0.05, 0.1) is 13.2 Å². The summed E-state index contributed by atoms with van der Waals surface area (Å²) in [4.78, 5) is 28.1. The first-order chi connectivity index (χ1) is 13.4. The molecule has 0 aliphatic rings. The van der Waals surface area contributed by atoms with Gasteiger partial charge in [-0.3, -0.25) is 9.78 Å². The van der Waals surface area contributed by atoms with Crippen molar-refractivity contribution in [1.82, 2.24) is 10.3 Å². The van der Waals surface area contributed by atoms with Gasteiger partial charge in [0.25, 0.3) is 5.91 Å². The lowest BCUT2D eigenvalue weighted by atomic mass is 10.0. The van der Waals surface area contributed by atoms with E-state index in [0.717, 1.165) is 5.56 Å². The average Bonchev–Trinajstić information content (AvgIpc) is 2.68. The molecular weight excluding hydrogens is 364 g/mol. The number of hydrogen-bond acceptors (Lipinski definition) is 6. The Morgan fingerprint density at radius 1 is 1.21 bits per heavy atom. The van der Waals surface area contributed by atoms with Crippen molar-refractivity contribution in [3.05, 3.63) is 53.9 Å². The van der Waals surface area contributed by atoms with Crippen molar-refractivity contribution in [3.63, 3.8) is 0 Å². The Kier molecular flexibility index (Phi) is 7.34. The van der Waals surface area contributed by atoms with E-state index < -0.39 is 17.4 Å². The normalized spacial score (nSPS) is 12.7. The van der Waals surface area contributed by atoms with Gasteiger partial charge in [0.1, 0.15) is 6.61 Å². The molecule has 0 bridgehead atoms. The summed E-state index contributed by atoms with van der Waals surface area (Å²) >= 11 is 0. The molecule has 8 heteroatoms. The SMILES string of the molecule is CCOc1cc(C(=O)NC(C)(COC)C(=O)O)ccc1OCc1cccnc1. The number of benzene rings is 1. The third kappa shape index (κ3) is 5.43. The minimum Gasteiger partial charge on any atom is -0.490 e. The minimum atomic E-state index is -1.55. The standard InChI is InChI=1S/C20H24N2O6/c1-4-27-17-10-15(18(23)22-20(2,13-26-3)19(24)25)7-8-16(17)28-12-14-6-5-9-21-11-14/h5-11H,4,12-13H2,1-3H3,(H,22,23)(H,24,25). The topological polar surface area (TPSA) is 107 Å². The lowest BCUT2D eigenvalue weighted by molar-refractivity contribution is -0.145. The van der Waals surface area contributed by atoms with E-state index in [4.69, 9.17) is 14.2 Å². The van der Waals surface area contributed by atoms with E-state index in [1.54, 1.807) is 24.5 Å². The number of aliphatic carboxylic acids is 1. The van der Waals surface area contributed by atoms with Gasteiger partial charge in [-0.2, -0.15) is 0 Å². The molecule has 28 heavy (non-hydrogen) atoms. The molecule has 0 fully saturated rings. The molecule has 150 valence electrons. The zero-order valence-corrected chi connectivity index (χ0v) is 16.1. The molecule has 1 aromatic heterocycles. The van der Waals surface area contributed by atoms with Crippen LogP contribution in [0, 0.1) is 0 Å². The molecule has 1 heterocycles. The summed E-state index contributed by atoms with van der Waals surface area (Å²) < 4.78 is 16.3. The molecule has 2 aromatic rings. The number of hydrogen-bond donors (Lipinski definition) is 2. The van der Waals surface area contributed by atoms with Gasteiger partial charge in [-0.05, 0) is 38.1 Å². The molecule has 2 rings (SSSR count). The number of carboxylic acids is 1. The number of amides is 1. The summed E-state index contributed by atoms with van der Waals surface area (Å²) in [6.07, 6.45) is 3.38. The van der Waals surface area contributed by atoms with E-state index in [1.165, 1.54) is 20.1 Å². The summed E-state index contributed by atoms with van der Waals surface area (Å²) in [5.74, 6) is -0.881. The number of aromatic nitrogens is 1. The number of nitrogens with one attached hydrogen (secondary N) is 1. The van der Waals surface area contributed by atoms with E-state index in [-0.39, 0.29) is 12.2 Å². The molecule has 1 unspecified atom stereocenters. The van der Waals surface area contributed by atoms with Crippen LogP contribution in [-0.4, -0.2) is 47.8 Å². The molecule has 1 atom stereocenters. The molecule has 0 radical (unpaired) electrons. The van der Waals surface area contributed by atoms with Crippen LogP contribution >= 0.6 is 0 Å². The Labute approximate surface area is 163 Å². The van der Waals surface area contributed by atoms with E-state index in [0.29, 0.717) is 24.7 Å². The predicted octanol–water partition coefficient (Wildman–Crippen LogP) is 2.28. The van der Waals surface area contributed by atoms with E-state index in [9.17, 15) is 14.7 Å². The fourth-order valence-corrected chi connectivity index (χ4v) is 2.44. The zero-order valence-electron chi connectivity index (χ0n) is 16.1. The first-order valence-corrected chi connectivity index (χ1v) is 8.73. The van der Waals surface area contributed by atoms with Crippen LogP contribution in [0.5, 0.6) is 11.5 Å². The van der Waals surface area contributed by atoms with Crippen LogP contribution in [0.15, 0.2) is 42.7 Å². The van der Waals surface area contributed by atoms with Gasteiger partial charge < -0.3 is 24.6 Å². The molecule has 0 aliphatic carbocycles. The van der Waals surface area contributed by atoms with Crippen molar-refractivity contribution in [1.29, 1.82) is 0 Å². The molecule has 0 saturated heterocycles. The third-order valence-electron chi connectivity index (χ3n) is 3.92. The van der Waals surface area contributed by atoms with Gasteiger partial charge in [0.15, 0.2) is 17.0 Å². The van der Waals surface area contributed by atoms with Crippen LogP contribution in [0.3, 0.4) is 0 Å². The Morgan fingerprint density at radius 3 is 2.61 bits per heavy atom. The van der Waals surface area contributed by atoms with Crippen LogP contribution in [0.2, 0.25) is 0 Å². The number of methoxy groups -OCH3 is 1. The van der Waals surface area contributed by atoms with Crippen LogP contribution in [0.25, 0.3) is 0 Å². The third-order valence-corrected chi connectivity index (χ3v) is 3.92. The number of pyridine rings is 1. The van der Waals surface area contributed by atoms with Crippen molar-refractivity contribution in [2.75, 3.05) is 20.3 Å². The van der Waals surface area contributed by atoms with Gasteiger partial charge in [-0.25, -0.2) is 4.79 Å². The maximum atomic E-state index is 12.6. The van der Waals surface area contributed by atoms with Gasteiger partial charge in [-0.15, -0.1) is 0 Å². The van der Waals surface area contributed by atoms with Crippen LogP contribution < -0.4 is 14.8 Å².